The van der Waals surface area contributed by atoms with Gasteiger partial charge >= 0.3 is 5.97 Å². The van der Waals surface area contributed by atoms with Crippen LogP contribution in [-0.4, -0.2) is 137 Å². The smallest absolute Gasteiger partial charge is 0.306 e. The zero-order valence-electron chi connectivity index (χ0n) is 31.9. The molecule has 52 heavy (non-hydrogen) atoms. The van der Waals surface area contributed by atoms with Gasteiger partial charge in [-0.3, -0.25) is 14.4 Å². The normalized spacial score (nSPS) is 26.8. The van der Waals surface area contributed by atoms with E-state index >= 15 is 0 Å². The molecule has 15 heteroatoms. The Labute approximate surface area is 308 Å². The molecule has 3 unspecified atom stereocenters. The number of carbonyl (C=O) groups is 5. The van der Waals surface area contributed by atoms with Crippen LogP contribution in [0.4, 0.5) is 0 Å². The first kappa shape index (κ1) is 43.6. The molecule has 0 aromatic rings. The third-order valence-corrected chi connectivity index (χ3v) is 9.81. The number of amides is 2. The number of hydrogen-bond acceptors (Lipinski definition) is 13. The highest BCUT2D eigenvalue weighted by Gasteiger charge is 2.72. The molecule has 3 fully saturated rings. The van der Waals surface area contributed by atoms with E-state index in [1.165, 1.54) is 5.57 Å². The number of nitrogens with zero attached hydrogens (tertiary/aromatic N) is 1. The molecule has 2 saturated heterocycles. The molecule has 1 saturated carbocycles. The molecule has 0 bridgehead atoms. The molecule has 0 aromatic carbocycles. The lowest BCUT2D eigenvalue weighted by atomic mass is 9.68. The van der Waals surface area contributed by atoms with Gasteiger partial charge in [-0.1, -0.05) is 25.5 Å². The van der Waals surface area contributed by atoms with Gasteiger partial charge < -0.3 is 48.6 Å². The number of aldehydes is 2. The third kappa shape index (κ3) is 13.9. The van der Waals surface area contributed by atoms with Crippen molar-refractivity contribution < 1.29 is 52.4 Å². The van der Waals surface area contributed by atoms with Crippen LogP contribution >= 0.6 is 0 Å². The summed E-state index contributed by atoms with van der Waals surface area (Å²) in [6, 6.07) is -0.518. The number of allylic oxidation sites excluding steroid dienone is 1. The van der Waals surface area contributed by atoms with E-state index in [0.717, 1.165) is 19.1 Å². The van der Waals surface area contributed by atoms with Crippen molar-refractivity contribution in [3.63, 3.8) is 0 Å². The van der Waals surface area contributed by atoms with Crippen molar-refractivity contribution in [3.8, 4) is 0 Å². The first-order valence-electron chi connectivity index (χ1n) is 18.6. The molecule has 296 valence electrons. The van der Waals surface area contributed by atoms with Crippen LogP contribution in [0.1, 0.15) is 79.6 Å². The number of rotatable bonds is 27. The average molecular weight is 739 g/mol. The molecule has 2 heterocycles. The maximum absolute atomic E-state index is 12.8. The van der Waals surface area contributed by atoms with E-state index in [4.69, 9.17) is 28.4 Å². The van der Waals surface area contributed by atoms with Crippen molar-refractivity contribution in [2.75, 3.05) is 66.3 Å². The Bertz CT molecular complexity index is 1190. The standard InChI is InChI=1S/C37H62N4O11/c1-26(2)9-10-30-36(5,52-30)35-34(47-6)29(11-13-37(35)25-50-37)51-33(46)8-7-18-48-20-21-49-19-15-39-31(44)12-16-41(28(24-43)22-27(3)4)40-23-32(45)38-14-17-42/h9,17,24,27-30,34-35,40H,7-8,10-16,18-23,25H2,1-6H3,(H,38,45)(H,39,44)/t28-,29?,30+,34?,35?,36-,37-/m0/s1. The van der Waals surface area contributed by atoms with E-state index < -0.39 is 11.9 Å². The van der Waals surface area contributed by atoms with Gasteiger partial charge in [0.1, 0.15) is 36.0 Å². The van der Waals surface area contributed by atoms with Gasteiger partial charge in [0.15, 0.2) is 0 Å². The topological polar surface area (TPSA) is 187 Å². The molecule has 2 amide bonds. The molecule has 3 aliphatic rings. The first-order chi connectivity index (χ1) is 24.9. The summed E-state index contributed by atoms with van der Waals surface area (Å²) in [5.41, 5.74) is 3.51. The van der Waals surface area contributed by atoms with Gasteiger partial charge in [0, 0.05) is 39.6 Å². The Balaban J connectivity index is 1.26. The van der Waals surface area contributed by atoms with E-state index in [2.05, 4.69) is 42.9 Å². The number of esters is 1. The van der Waals surface area contributed by atoms with Crippen LogP contribution in [0.3, 0.4) is 0 Å². The average Bonchev–Trinajstić information content (AvgIpc) is 4.03. The number of methoxy groups -OCH3 is 1. The fourth-order valence-corrected chi connectivity index (χ4v) is 7.00. The lowest BCUT2D eigenvalue weighted by Gasteiger charge is -2.42. The Morgan fingerprint density at radius 2 is 1.75 bits per heavy atom. The lowest BCUT2D eigenvalue weighted by Crippen LogP contribution is -2.55. The molecule has 1 aliphatic carbocycles. The second-order valence-electron chi connectivity index (χ2n) is 14.7. The quantitative estimate of drug-likeness (QED) is 0.0276. The number of carbonyl (C=O) groups excluding carboxylic acids is 5. The van der Waals surface area contributed by atoms with Gasteiger partial charge in [-0.25, -0.2) is 10.4 Å². The highest BCUT2D eigenvalue weighted by atomic mass is 16.6. The van der Waals surface area contributed by atoms with Crippen molar-refractivity contribution >= 4 is 30.4 Å². The SMILES string of the molecule is COC1C(OC(=O)CCCOCCOCCNC(=O)CCN(NCC(=O)NCC=O)[C@H](C=O)CC(C)C)CC[C@]2(CO2)C1[C@@]1(C)O[C@@H]1CC=C(C)C. The molecule has 0 radical (unpaired) electrons. The summed E-state index contributed by atoms with van der Waals surface area (Å²) in [6.45, 7) is 12.6. The van der Waals surface area contributed by atoms with Crippen LogP contribution in [0.15, 0.2) is 11.6 Å². The van der Waals surface area contributed by atoms with Crippen LogP contribution < -0.4 is 16.1 Å². The summed E-state index contributed by atoms with van der Waals surface area (Å²) >= 11 is 0. The summed E-state index contributed by atoms with van der Waals surface area (Å²) < 4.78 is 35.3. The van der Waals surface area contributed by atoms with E-state index in [9.17, 15) is 24.0 Å². The van der Waals surface area contributed by atoms with Gasteiger partial charge in [0.2, 0.25) is 11.8 Å². The summed E-state index contributed by atoms with van der Waals surface area (Å²) in [5, 5.41) is 6.80. The van der Waals surface area contributed by atoms with E-state index in [-0.39, 0.29) is 85.7 Å². The van der Waals surface area contributed by atoms with E-state index in [0.29, 0.717) is 65.1 Å². The highest BCUT2D eigenvalue weighted by molar-refractivity contribution is 5.80. The van der Waals surface area contributed by atoms with Crippen LogP contribution in [-0.2, 0) is 52.4 Å². The monoisotopic (exact) mass is 738 g/mol. The fraction of sp³-hybridized carbons (Fsp3) is 0.811. The van der Waals surface area contributed by atoms with Crippen LogP contribution in [0, 0.1) is 11.8 Å². The van der Waals surface area contributed by atoms with Crippen molar-refractivity contribution in [2.45, 2.75) is 115 Å². The van der Waals surface area contributed by atoms with Gasteiger partial charge in [0.05, 0.1) is 57.6 Å². The molecular weight excluding hydrogens is 676 g/mol. The number of epoxide rings is 2. The molecule has 2 aliphatic heterocycles. The maximum Gasteiger partial charge on any atom is 0.306 e. The van der Waals surface area contributed by atoms with Crippen LogP contribution in [0.5, 0.6) is 0 Å². The zero-order valence-corrected chi connectivity index (χ0v) is 31.9. The van der Waals surface area contributed by atoms with Gasteiger partial charge in [-0.2, -0.15) is 0 Å². The first-order valence-corrected chi connectivity index (χ1v) is 18.6. The predicted molar refractivity (Wildman–Crippen MR) is 191 cm³/mol. The zero-order chi connectivity index (χ0) is 38.1. The highest BCUT2D eigenvalue weighted by Crippen LogP contribution is 2.59. The minimum absolute atomic E-state index is 0.0192. The Kier molecular flexibility index (Phi) is 18.3. The summed E-state index contributed by atoms with van der Waals surface area (Å²) in [6.07, 6.45) is 6.71. The maximum atomic E-state index is 12.8. The largest absolute Gasteiger partial charge is 0.460 e. The van der Waals surface area contributed by atoms with Crippen molar-refractivity contribution in [3.05, 3.63) is 11.6 Å². The molecule has 1 spiro atoms. The van der Waals surface area contributed by atoms with E-state index in [1.807, 2.05) is 13.8 Å². The molecule has 7 atom stereocenters. The molecule has 15 nitrogen and oxygen atoms in total. The number of hydrazine groups is 1. The van der Waals surface area contributed by atoms with Crippen molar-refractivity contribution in [1.29, 1.82) is 0 Å². The van der Waals surface area contributed by atoms with E-state index in [1.54, 1.807) is 12.1 Å². The second kappa shape index (κ2) is 21.8. The van der Waals surface area contributed by atoms with Crippen LogP contribution in [0.2, 0.25) is 0 Å². The molecule has 0 aromatic heterocycles. The van der Waals surface area contributed by atoms with Crippen LogP contribution in [0.25, 0.3) is 0 Å². The summed E-state index contributed by atoms with van der Waals surface area (Å²) in [4.78, 5) is 59.3. The van der Waals surface area contributed by atoms with Crippen molar-refractivity contribution in [2.24, 2.45) is 11.8 Å². The molecule has 3 N–H and O–H groups in total. The third-order valence-electron chi connectivity index (χ3n) is 9.81. The second-order valence-corrected chi connectivity index (χ2v) is 14.7. The fourth-order valence-electron chi connectivity index (χ4n) is 7.00. The summed E-state index contributed by atoms with van der Waals surface area (Å²) in [5.74, 6) is -0.693. The number of hydrogen-bond donors (Lipinski definition) is 3. The Hall–Kier alpha value is -2.79. The Morgan fingerprint density at radius 3 is 2.38 bits per heavy atom. The predicted octanol–water partition coefficient (Wildman–Crippen LogP) is 1.66. The van der Waals surface area contributed by atoms with Gasteiger partial charge in [-0.15, -0.1) is 0 Å². The number of nitrogens with one attached hydrogen (secondary N) is 3. The number of ether oxygens (including phenoxy) is 6. The van der Waals surface area contributed by atoms with Crippen molar-refractivity contribution in [1.82, 2.24) is 21.1 Å². The molecule has 3 rings (SSSR count). The molecular formula is C37H62N4O11. The summed E-state index contributed by atoms with van der Waals surface area (Å²) in [7, 11) is 1.67. The minimum Gasteiger partial charge on any atom is -0.460 e. The Morgan fingerprint density at radius 1 is 1.02 bits per heavy atom. The minimum atomic E-state index is -0.518. The van der Waals surface area contributed by atoms with Gasteiger partial charge in [0.25, 0.3) is 0 Å². The lowest BCUT2D eigenvalue weighted by molar-refractivity contribution is -0.172. The van der Waals surface area contributed by atoms with Gasteiger partial charge in [-0.05, 0) is 58.8 Å².